The van der Waals surface area contributed by atoms with Crippen LogP contribution in [0, 0.1) is 0 Å². The highest BCUT2D eigenvalue weighted by atomic mass is 16.5. The van der Waals surface area contributed by atoms with E-state index in [1.54, 1.807) is 18.9 Å². The summed E-state index contributed by atoms with van der Waals surface area (Å²) in [6.45, 7) is 4.29. The first-order valence-corrected chi connectivity index (χ1v) is 7.88. The molecule has 124 valence electrons. The molecule has 0 aliphatic carbocycles. The van der Waals surface area contributed by atoms with Crippen molar-refractivity contribution in [1.82, 2.24) is 15.1 Å². The maximum atomic E-state index is 12.3. The molecule has 3 amide bonds. The summed E-state index contributed by atoms with van der Waals surface area (Å²) in [5, 5.41) is 2.57. The van der Waals surface area contributed by atoms with Gasteiger partial charge in [0.2, 0.25) is 11.8 Å². The number of rotatable bonds is 5. The van der Waals surface area contributed by atoms with E-state index in [1.165, 1.54) is 0 Å². The number of amides is 3. The summed E-state index contributed by atoms with van der Waals surface area (Å²) in [7, 11) is 1.56. The van der Waals surface area contributed by atoms with Crippen molar-refractivity contribution < 1.29 is 19.1 Å². The molecule has 0 bridgehead atoms. The van der Waals surface area contributed by atoms with Crippen molar-refractivity contribution >= 4 is 17.7 Å². The third-order valence-corrected chi connectivity index (χ3v) is 4.32. The van der Waals surface area contributed by atoms with Crippen LogP contribution >= 0.6 is 0 Å². The number of likely N-dealkylation sites (tertiary alicyclic amines) is 1. The van der Waals surface area contributed by atoms with Crippen molar-refractivity contribution in [3.63, 3.8) is 0 Å². The van der Waals surface area contributed by atoms with Gasteiger partial charge in [0.15, 0.2) is 5.60 Å². The molecule has 2 rings (SSSR count). The molecule has 2 aliphatic heterocycles. The second-order valence-corrected chi connectivity index (χ2v) is 6.06. The van der Waals surface area contributed by atoms with Gasteiger partial charge in [-0.25, -0.2) is 0 Å². The molecular weight excluding hydrogens is 286 g/mol. The maximum Gasteiger partial charge on any atom is 0.253 e. The Bertz CT molecular complexity index is 454. The molecule has 7 heteroatoms. The van der Waals surface area contributed by atoms with Gasteiger partial charge < -0.3 is 19.9 Å². The van der Waals surface area contributed by atoms with E-state index in [4.69, 9.17) is 4.74 Å². The van der Waals surface area contributed by atoms with Crippen molar-refractivity contribution in [1.29, 1.82) is 0 Å². The lowest BCUT2D eigenvalue weighted by Gasteiger charge is -2.39. The van der Waals surface area contributed by atoms with E-state index in [-0.39, 0.29) is 24.3 Å². The lowest BCUT2D eigenvalue weighted by atomic mass is 10.0. The average Bonchev–Trinajstić information content (AvgIpc) is 2.91. The predicted molar refractivity (Wildman–Crippen MR) is 80.1 cm³/mol. The van der Waals surface area contributed by atoms with Crippen molar-refractivity contribution in [3.8, 4) is 0 Å². The third-order valence-electron chi connectivity index (χ3n) is 4.32. The first kappa shape index (κ1) is 16.7. The van der Waals surface area contributed by atoms with Gasteiger partial charge in [-0.15, -0.1) is 0 Å². The molecule has 0 spiro atoms. The van der Waals surface area contributed by atoms with Crippen LogP contribution in [-0.4, -0.2) is 73.0 Å². The first-order chi connectivity index (χ1) is 10.5. The Morgan fingerprint density at radius 1 is 1.36 bits per heavy atom. The fourth-order valence-electron chi connectivity index (χ4n) is 3.00. The highest BCUT2D eigenvalue weighted by molar-refractivity contribution is 5.86. The zero-order chi connectivity index (χ0) is 16.2. The topological polar surface area (TPSA) is 79.0 Å². The molecule has 1 atom stereocenters. The Kier molecular flexibility index (Phi) is 5.39. The average molecular weight is 311 g/mol. The standard InChI is InChI=1S/C15H25N3O4/c1-15(14(21)16-2)11-18(9-10-22-15)13(20)6-4-8-17-7-3-5-12(17)19/h3-11H2,1-2H3,(H,16,21)/t15-/m0/s1. The molecule has 0 unspecified atom stereocenters. The normalized spacial score (nSPS) is 25.5. The van der Waals surface area contributed by atoms with E-state index in [9.17, 15) is 14.4 Å². The molecule has 2 fully saturated rings. The van der Waals surface area contributed by atoms with Gasteiger partial charge in [-0.05, 0) is 19.8 Å². The number of ether oxygens (including phenoxy) is 1. The monoisotopic (exact) mass is 311 g/mol. The SMILES string of the molecule is CNC(=O)[C@]1(C)CN(C(=O)CCCN2CCCC2=O)CCO1. The largest absolute Gasteiger partial charge is 0.362 e. The van der Waals surface area contributed by atoms with Gasteiger partial charge in [-0.1, -0.05) is 0 Å². The summed E-state index contributed by atoms with van der Waals surface area (Å²) in [4.78, 5) is 39.2. The van der Waals surface area contributed by atoms with Crippen LogP contribution in [0.15, 0.2) is 0 Å². The van der Waals surface area contributed by atoms with Crippen LogP contribution in [0.3, 0.4) is 0 Å². The van der Waals surface area contributed by atoms with Crippen molar-refractivity contribution in [2.75, 3.05) is 39.8 Å². The fourth-order valence-corrected chi connectivity index (χ4v) is 3.00. The summed E-state index contributed by atoms with van der Waals surface area (Å²) in [6.07, 6.45) is 2.61. The summed E-state index contributed by atoms with van der Waals surface area (Å²) in [5.41, 5.74) is -0.979. The molecule has 2 saturated heterocycles. The lowest BCUT2D eigenvalue weighted by Crippen LogP contribution is -2.58. The number of likely N-dealkylation sites (N-methyl/N-ethyl adjacent to an activating group) is 1. The zero-order valence-electron chi connectivity index (χ0n) is 13.4. The van der Waals surface area contributed by atoms with E-state index in [2.05, 4.69) is 5.32 Å². The second kappa shape index (κ2) is 7.09. The number of nitrogens with zero attached hydrogens (tertiary/aromatic N) is 2. The maximum absolute atomic E-state index is 12.3. The quantitative estimate of drug-likeness (QED) is 0.759. The molecule has 0 aromatic heterocycles. The minimum atomic E-state index is -0.979. The van der Waals surface area contributed by atoms with Crippen LogP contribution in [0.5, 0.6) is 0 Å². The molecular formula is C15H25N3O4. The fraction of sp³-hybridized carbons (Fsp3) is 0.800. The van der Waals surface area contributed by atoms with E-state index < -0.39 is 5.60 Å². The number of carbonyl (C=O) groups is 3. The van der Waals surface area contributed by atoms with Gasteiger partial charge in [0.05, 0.1) is 13.2 Å². The van der Waals surface area contributed by atoms with Crippen LogP contribution < -0.4 is 5.32 Å². The molecule has 2 aliphatic rings. The van der Waals surface area contributed by atoms with Gasteiger partial charge in [0, 0.05) is 39.5 Å². The summed E-state index contributed by atoms with van der Waals surface area (Å²) >= 11 is 0. The van der Waals surface area contributed by atoms with Crippen LogP contribution in [0.2, 0.25) is 0 Å². The molecule has 1 N–H and O–H groups in total. The molecule has 0 radical (unpaired) electrons. The Hall–Kier alpha value is -1.63. The van der Waals surface area contributed by atoms with Crippen LogP contribution in [0.25, 0.3) is 0 Å². The molecule has 2 heterocycles. The molecule has 0 saturated carbocycles. The number of carbonyl (C=O) groups excluding carboxylic acids is 3. The van der Waals surface area contributed by atoms with E-state index >= 15 is 0 Å². The van der Waals surface area contributed by atoms with E-state index in [0.29, 0.717) is 39.0 Å². The highest BCUT2D eigenvalue weighted by Crippen LogP contribution is 2.19. The third kappa shape index (κ3) is 3.76. The smallest absolute Gasteiger partial charge is 0.253 e. The van der Waals surface area contributed by atoms with Gasteiger partial charge in [-0.3, -0.25) is 14.4 Å². The first-order valence-electron chi connectivity index (χ1n) is 7.88. The number of hydrogen-bond donors (Lipinski definition) is 1. The van der Waals surface area contributed by atoms with Crippen LogP contribution in [0.1, 0.15) is 32.6 Å². The van der Waals surface area contributed by atoms with Gasteiger partial charge in [0.25, 0.3) is 5.91 Å². The second-order valence-electron chi connectivity index (χ2n) is 6.06. The van der Waals surface area contributed by atoms with E-state index in [1.807, 2.05) is 4.90 Å². The van der Waals surface area contributed by atoms with Gasteiger partial charge in [0.1, 0.15) is 0 Å². The zero-order valence-corrected chi connectivity index (χ0v) is 13.4. The lowest BCUT2D eigenvalue weighted by molar-refractivity contribution is -0.162. The molecule has 0 aromatic carbocycles. The summed E-state index contributed by atoms with van der Waals surface area (Å²) < 4.78 is 5.54. The minimum absolute atomic E-state index is 0.0186. The van der Waals surface area contributed by atoms with Crippen LogP contribution in [0.4, 0.5) is 0 Å². The Labute approximate surface area is 131 Å². The van der Waals surface area contributed by atoms with Crippen LogP contribution in [-0.2, 0) is 19.1 Å². The number of morpholine rings is 1. The van der Waals surface area contributed by atoms with E-state index in [0.717, 1.165) is 13.0 Å². The summed E-state index contributed by atoms with van der Waals surface area (Å²) in [6, 6.07) is 0. The molecule has 22 heavy (non-hydrogen) atoms. The number of nitrogens with one attached hydrogen (secondary N) is 1. The number of hydrogen-bond acceptors (Lipinski definition) is 4. The van der Waals surface area contributed by atoms with Gasteiger partial charge in [-0.2, -0.15) is 0 Å². The Morgan fingerprint density at radius 2 is 2.14 bits per heavy atom. The molecule has 0 aromatic rings. The minimum Gasteiger partial charge on any atom is -0.362 e. The molecule has 7 nitrogen and oxygen atoms in total. The Morgan fingerprint density at radius 3 is 2.77 bits per heavy atom. The van der Waals surface area contributed by atoms with Crippen molar-refractivity contribution in [2.24, 2.45) is 0 Å². The van der Waals surface area contributed by atoms with Crippen molar-refractivity contribution in [2.45, 2.75) is 38.2 Å². The highest BCUT2D eigenvalue weighted by Gasteiger charge is 2.40. The summed E-state index contributed by atoms with van der Waals surface area (Å²) in [5.74, 6) is -0.0104. The van der Waals surface area contributed by atoms with Gasteiger partial charge >= 0.3 is 0 Å². The Balaban J connectivity index is 1.79. The van der Waals surface area contributed by atoms with Crippen molar-refractivity contribution in [3.05, 3.63) is 0 Å². The predicted octanol–water partition coefficient (Wildman–Crippen LogP) is -0.247.